The van der Waals surface area contributed by atoms with Crippen LogP contribution in [0.15, 0.2) is 0 Å². The number of hydrogen-bond donors (Lipinski definition) is 4. The second-order valence-electron chi connectivity index (χ2n) is 3.83. The molecule has 0 spiro atoms. The van der Waals surface area contributed by atoms with Gasteiger partial charge in [0.1, 0.15) is 24.4 Å². The van der Waals surface area contributed by atoms with Gasteiger partial charge in [-0.05, 0) is 6.92 Å². The highest BCUT2D eigenvalue weighted by Crippen LogP contribution is 2.21. The number of carbonyl (C=O) groups is 1. The van der Waals surface area contributed by atoms with Crippen molar-refractivity contribution in [2.24, 2.45) is 0 Å². The molecular weight excluding hydrogens is 246 g/mol. The number of nitrogens with one attached hydrogen (secondary N) is 1. The summed E-state index contributed by atoms with van der Waals surface area (Å²) >= 11 is 0. The van der Waals surface area contributed by atoms with Crippen molar-refractivity contribution in [1.29, 1.82) is 0 Å². The van der Waals surface area contributed by atoms with Crippen molar-refractivity contribution in [1.82, 2.24) is 5.32 Å². The fourth-order valence-electron chi connectivity index (χ4n) is 1.75. The Balaban J connectivity index is 2.71. The molecule has 1 heterocycles. The molecule has 4 N–H and O–H groups in total. The molecule has 1 aliphatic rings. The van der Waals surface area contributed by atoms with Gasteiger partial charge in [-0.3, -0.25) is 0 Å². The maximum absolute atomic E-state index is 11.3. The summed E-state index contributed by atoms with van der Waals surface area (Å²) in [5.41, 5.74) is 0. The average molecular weight is 265 g/mol. The summed E-state index contributed by atoms with van der Waals surface area (Å²) in [7, 11) is 1.32. The van der Waals surface area contributed by atoms with Crippen LogP contribution in [-0.4, -0.2) is 72.4 Å². The van der Waals surface area contributed by atoms with Gasteiger partial charge < -0.3 is 34.8 Å². The number of aliphatic hydroxyl groups excluding tert-OH is 3. The molecule has 0 aromatic rings. The molecule has 0 aliphatic carbocycles. The molecule has 8 nitrogen and oxygen atoms in total. The van der Waals surface area contributed by atoms with Crippen molar-refractivity contribution in [3.05, 3.63) is 0 Å². The molecule has 5 atom stereocenters. The maximum Gasteiger partial charge on any atom is 0.407 e. The SMILES string of the molecule is CCOC(=O)N[C@H]1[C@@H](OC)O[C@@H](CO)[C@@H](O)[C@H]1O. The van der Waals surface area contributed by atoms with E-state index in [-0.39, 0.29) is 6.61 Å². The van der Waals surface area contributed by atoms with Crippen LogP contribution < -0.4 is 5.32 Å². The Bertz CT molecular complexity index is 273. The Kier molecular flexibility index (Phi) is 5.76. The molecule has 0 aromatic heterocycles. The number of methoxy groups -OCH3 is 1. The van der Waals surface area contributed by atoms with Gasteiger partial charge in [-0.2, -0.15) is 0 Å². The number of rotatable bonds is 4. The van der Waals surface area contributed by atoms with E-state index in [9.17, 15) is 15.0 Å². The minimum Gasteiger partial charge on any atom is -0.450 e. The monoisotopic (exact) mass is 265 g/mol. The third-order valence-corrected chi connectivity index (χ3v) is 2.67. The molecule has 1 rings (SSSR count). The molecule has 0 bridgehead atoms. The highest BCUT2D eigenvalue weighted by atomic mass is 16.7. The van der Waals surface area contributed by atoms with Gasteiger partial charge in [0.05, 0.1) is 13.2 Å². The first kappa shape index (κ1) is 15.1. The van der Waals surface area contributed by atoms with Gasteiger partial charge in [-0.1, -0.05) is 0 Å². The molecule has 1 fully saturated rings. The summed E-state index contributed by atoms with van der Waals surface area (Å²) in [5, 5.41) is 30.9. The normalized spacial score (nSPS) is 36.2. The lowest BCUT2D eigenvalue weighted by Crippen LogP contribution is -2.64. The molecule has 0 aromatic carbocycles. The number of amides is 1. The predicted molar refractivity (Wildman–Crippen MR) is 58.7 cm³/mol. The third kappa shape index (κ3) is 3.30. The quantitative estimate of drug-likeness (QED) is 0.473. The molecule has 106 valence electrons. The van der Waals surface area contributed by atoms with Gasteiger partial charge >= 0.3 is 6.09 Å². The van der Waals surface area contributed by atoms with E-state index in [1.807, 2.05) is 0 Å². The van der Waals surface area contributed by atoms with Gasteiger partial charge in [-0.15, -0.1) is 0 Å². The topological polar surface area (TPSA) is 117 Å². The van der Waals surface area contributed by atoms with Crippen LogP contribution in [0, 0.1) is 0 Å². The van der Waals surface area contributed by atoms with Crippen LogP contribution in [-0.2, 0) is 14.2 Å². The standard InChI is InChI=1S/C10H19NO7/c1-3-17-10(15)11-6-8(14)7(13)5(4-12)18-9(6)16-2/h5-9,12-14H,3-4H2,1-2H3,(H,11,15)/t5-,6+,7+,8-,9-/m0/s1. The summed E-state index contributed by atoms with van der Waals surface area (Å²) in [5.74, 6) is 0. The number of aliphatic hydroxyl groups is 3. The van der Waals surface area contributed by atoms with Crippen molar-refractivity contribution in [3.63, 3.8) is 0 Å². The van der Waals surface area contributed by atoms with Crippen molar-refractivity contribution in [3.8, 4) is 0 Å². The summed E-state index contributed by atoms with van der Waals surface area (Å²) in [6.45, 7) is 1.34. The summed E-state index contributed by atoms with van der Waals surface area (Å²) in [6.07, 6.45) is -5.35. The minimum absolute atomic E-state index is 0.176. The van der Waals surface area contributed by atoms with E-state index < -0.39 is 43.3 Å². The first-order chi connectivity index (χ1) is 8.54. The van der Waals surface area contributed by atoms with Crippen molar-refractivity contribution in [2.45, 2.75) is 37.6 Å². The highest BCUT2D eigenvalue weighted by Gasteiger charge is 2.45. The number of ether oxygens (including phenoxy) is 3. The van der Waals surface area contributed by atoms with E-state index in [1.54, 1.807) is 6.92 Å². The van der Waals surface area contributed by atoms with Crippen LogP contribution in [0.2, 0.25) is 0 Å². The van der Waals surface area contributed by atoms with Crippen LogP contribution in [0.1, 0.15) is 6.92 Å². The summed E-state index contributed by atoms with van der Waals surface area (Å²) in [6, 6.07) is -0.980. The zero-order valence-corrected chi connectivity index (χ0v) is 10.3. The predicted octanol–water partition coefficient (Wildman–Crippen LogP) is -1.81. The van der Waals surface area contributed by atoms with Gasteiger partial charge in [0.2, 0.25) is 0 Å². The van der Waals surface area contributed by atoms with Crippen LogP contribution in [0.25, 0.3) is 0 Å². The van der Waals surface area contributed by atoms with Gasteiger partial charge in [0.15, 0.2) is 6.29 Å². The molecule has 0 saturated carbocycles. The van der Waals surface area contributed by atoms with E-state index >= 15 is 0 Å². The van der Waals surface area contributed by atoms with Crippen molar-refractivity contribution >= 4 is 6.09 Å². The number of alkyl carbamates (subject to hydrolysis) is 1. The fourth-order valence-corrected chi connectivity index (χ4v) is 1.75. The van der Waals surface area contributed by atoms with E-state index in [4.69, 9.17) is 14.6 Å². The molecular formula is C10H19NO7. The second-order valence-corrected chi connectivity index (χ2v) is 3.83. The Hall–Kier alpha value is -0.930. The Morgan fingerprint density at radius 2 is 2.06 bits per heavy atom. The lowest BCUT2D eigenvalue weighted by atomic mass is 9.97. The maximum atomic E-state index is 11.3. The van der Waals surface area contributed by atoms with E-state index in [2.05, 4.69) is 10.1 Å². The first-order valence-electron chi connectivity index (χ1n) is 5.63. The lowest BCUT2D eigenvalue weighted by molar-refractivity contribution is -0.262. The smallest absolute Gasteiger partial charge is 0.407 e. The summed E-state index contributed by atoms with van der Waals surface area (Å²) < 4.78 is 14.8. The van der Waals surface area contributed by atoms with Crippen LogP contribution in [0.5, 0.6) is 0 Å². The van der Waals surface area contributed by atoms with E-state index in [1.165, 1.54) is 7.11 Å². The molecule has 0 unspecified atom stereocenters. The highest BCUT2D eigenvalue weighted by molar-refractivity contribution is 5.67. The Labute approximate surface area is 104 Å². The second kappa shape index (κ2) is 6.86. The minimum atomic E-state index is -1.33. The Morgan fingerprint density at radius 1 is 1.39 bits per heavy atom. The van der Waals surface area contributed by atoms with E-state index in [0.717, 1.165) is 0 Å². The zero-order valence-electron chi connectivity index (χ0n) is 10.3. The van der Waals surface area contributed by atoms with Crippen LogP contribution in [0.3, 0.4) is 0 Å². The average Bonchev–Trinajstić information content (AvgIpc) is 2.36. The van der Waals surface area contributed by atoms with Crippen molar-refractivity contribution in [2.75, 3.05) is 20.3 Å². The van der Waals surface area contributed by atoms with E-state index in [0.29, 0.717) is 0 Å². The number of carbonyl (C=O) groups excluding carboxylic acids is 1. The van der Waals surface area contributed by atoms with Crippen molar-refractivity contribution < 1.29 is 34.3 Å². The molecule has 0 radical (unpaired) electrons. The molecule has 1 saturated heterocycles. The molecule has 1 aliphatic heterocycles. The molecule has 18 heavy (non-hydrogen) atoms. The first-order valence-corrected chi connectivity index (χ1v) is 5.63. The third-order valence-electron chi connectivity index (χ3n) is 2.67. The van der Waals surface area contributed by atoms with Crippen LogP contribution in [0.4, 0.5) is 4.79 Å². The number of hydrogen-bond acceptors (Lipinski definition) is 7. The van der Waals surface area contributed by atoms with Gasteiger partial charge in [0, 0.05) is 7.11 Å². The largest absolute Gasteiger partial charge is 0.450 e. The fraction of sp³-hybridized carbons (Fsp3) is 0.900. The van der Waals surface area contributed by atoms with Gasteiger partial charge in [0.25, 0.3) is 0 Å². The summed E-state index contributed by atoms with van der Waals surface area (Å²) in [4.78, 5) is 11.3. The zero-order chi connectivity index (χ0) is 13.7. The Morgan fingerprint density at radius 3 is 2.56 bits per heavy atom. The molecule has 1 amide bonds. The van der Waals surface area contributed by atoms with Crippen LogP contribution >= 0.6 is 0 Å². The lowest BCUT2D eigenvalue weighted by Gasteiger charge is -2.41. The molecule has 8 heteroatoms. The van der Waals surface area contributed by atoms with Gasteiger partial charge in [-0.25, -0.2) is 4.79 Å².